The third-order valence-corrected chi connectivity index (χ3v) is 0.861. The van der Waals surface area contributed by atoms with Crippen LogP contribution < -0.4 is 0 Å². The molecule has 0 aromatic carbocycles. The average Bonchev–Trinajstić information content (AvgIpc) is 1.21. The molecule has 1 unspecified atom stereocenters. The van der Waals surface area contributed by atoms with Crippen molar-refractivity contribution >= 4 is 11.1 Å². The van der Waals surface area contributed by atoms with Gasteiger partial charge >= 0.3 is 6.18 Å². The maximum absolute atomic E-state index is 11.0. The molecule has 0 fully saturated rings. The minimum absolute atomic E-state index is 0. The van der Waals surface area contributed by atoms with E-state index in [-0.39, 0.29) is 19.5 Å². The van der Waals surface area contributed by atoms with Crippen molar-refractivity contribution in [2.24, 2.45) is 0 Å². The number of rotatable bonds is 1. The maximum atomic E-state index is 11.0. The Balaban J connectivity index is 0. The SMILES string of the molecule is O=S(O)CC(F)(F)F.[Zn]. The van der Waals surface area contributed by atoms with Crippen LogP contribution in [-0.4, -0.2) is 20.7 Å². The van der Waals surface area contributed by atoms with E-state index >= 15 is 0 Å². The molecule has 0 aliphatic carbocycles. The van der Waals surface area contributed by atoms with Crippen molar-refractivity contribution in [1.82, 2.24) is 0 Å². The summed E-state index contributed by atoms with van der Waals surface area (Å²) in [7, 11) is 0. The van der Waals surface area contributed by atoms with Gasteiger partial charge in [0.1, 0.15) is 5.75 Å². The van der Waals surface area contributed by atoms with Crippen LogP contribution in [-0.2, 0) is 30.6 Å². The normalized spacial score (nSPS) is 14.2. The molecule has 0 spiro atoms. The van der Waals surface area contributed by atoms with Crippen LogP contribution in [0.1, 0.15) is 0 Å². The third kappa shape index (κ3) is 11.9. The second kappa shape index (κ2) is 4.36. The molecular weight excluding hydrogens is 210 g/mol. The fourth-order valence-electron chi connectivity index (χ4n) is 0.140. The molecule has 1 N–H and O–H groups in total. The van der Waals surface area contributed by atoms with E-state index in [2.05, 4.69) is 0 Å². The minimum atomic E-state index is -4.53. The second-order valence-corrected chi connectivity index (χ2v) is 2.01. The quantitative estimate of drug-likeness (QED) is 0.516. The van der Waals surface area contributed by atoms with Gasteiger partial charge in [0.05, 0.1) is 0 Å². The molecule has 0 heterocycles. The van der Waals surface area contributed by atoms with Gasteiger partial charge in [-0.3, -0.25) is 0 Å². The second-order valence-electron chi connectivity index (χ2n) is 1.08. The summed E-state index contributed by atoms with van der Waals surface area (Å²) in [6, 6.07) is 0. The van der Waals surface area contributed by atoms with Crippen molar-refractivity contribution < 1.29 is 41.4 Å². The van der Waals surface area contributed by atoms with Gasteiger partial charge in [0, 0.05) is 19.5 Å². The van der Waals surface area contributed by atoms with Crippen molar-refractivity contribution in [1.29, 1.82) is 0 Å². The average molecular weight is 213 g/mol. The number of halogens is 3. The molecule has 0 aromatic heterocycles. The van der Waals surface area contributed by atoms with Crippen LogP contribution in [0, 0.1) is 0 Å². The van der Waals surface area contributed by atoms with Crippen molar-refractivity contribution in [2.45, 2.75) is 6.18 Å². The van der Waals surface area contributed by atoms with Crippen LogP contribution in [0.25, 0.3) is 0 Å². The molecule has 0 bridgehead atoms. The molecular formula is C2H3F3O2SZn. The molecule has 0 saturated carbocycles. The molecule has 0 saturated heterocycles. The summed E-state index contributed by atoms with van der Waals surface area (Å²) in [4.78, 5) is 0. The van der Waals surface area contributed by atoms with Crippen molar-refractivity contribution in [3.63, 3.8) is 0 Å². The largest absolute Gasteiger partial charge is 0.402 e. The van der Waals surface area contributed by atoms with Crippen LogP contribution in [0.4, 0.5) is 13.2 Å². The number of hydrogen-bond donors (Lipinski definition) is 1. The smallest absolute Gasteiger partial charge is 0.306 e. The summed E-state index contributed by atoms with van der Waals surface area (Å²) in [6.45, 7) is 0. The van der Waals surface area contributed by atoms with Gasteiger partial charge in [-0.15, -0.1) is 0 Å². The summed E-state index contributed by atoms with van der Waals surface area (Å²) in [5.74, 6) is -1.65. The van der Waals surface area contributed by atoms with E-state index < -0.39 is 23.0 Å². The molecule has 0 aliphatic rings. The predicted molar refractivity (Wildman–Crippen MR) is 21.7 cm³/mol. The Morgan fingerprint density at radius 3 is 1.78 bits per heavy atom. The Kier molecular flexibility index (Phi) is 5.92. The van der Waals surface area contributed by atoms with Crippen LogP contribution in [0.2, 0.25) is 0 Å². The molecule has 1 atom stereocenters. The fourth-order valence-corrected chi connectivity index (χ4v) is 0.420. The summed E-state index contributed by atoms with van der Waals surface area (Å²) in [5.41, 5.74) is 0. The van der Waals surface area contributed by atoms with Crippen molar-refractivity contribution in [3.05, 3.63) is 0 Å². The predicted octanol–water partition coefficient (Wildman–Crippen LogP) is 0.768. The van der Waals surface area contributed by atoms with E-state index in [0.29, 0.717) is 0 Å². The first-order valence-corrected chi connectivity index (χ1v) is 2.83. The van der Waals surface area contributed by atoms with Crippen molar-refractivity contribution in [2.75, 3.05) is 5.75 Å². The number of hydrogen-bond acceptors (Lipinski definition) is 1. The molecule has 0 rings (SSSR count). The van der Waals surface area contributed by atoms with Gasteiger partial charge in [0.25, 0.3) is 0 Å². The molecule has 0 aromatic rings. The van der Waals surface area contributed by atoms with Gasteiger partial charge in [-0.2, -0.15) is 13.2 Å². The first kappa shape index (κ1) is 12.2. The van der Waals surface area contributed by atoms with Gasteiger partial charge in [-0.25, -0.2) is 4.21 Å². The minimum Gasteiger partial charge on any atom is -0.306 e. The van der Waals surface area contributed by atoms with E-state index in [4.69, 9.17) is 4.55 Å². The number of alkyl halides is 3. The topological polar surface area (TPSA) is 37.3 Å². The Hall–Kier alpha value is 0.523. The van der Waals surface area contributed by atoms with E-state index in [0.717, 1.165) is 0 Å². The van der Waals surface area contributed by atoms with E-state index in [1.165, 1.54) is 0 Å². The van der Waals surface area contributed by atoms with Gasteiger partial charge < -0.3 is 4.55 Å². The Morgan fingerprint density at radius 1 is 1.44 bits per heavy atom. The summed E-state index contributed by atoms with van der Waals surface area (Å²) in [5, 5.41) is 0. The fraction of sp³-hybridized carbons (Fsp3) is 1.00. The molecule has 9 heavy (non-hydrogen) atoms. The summed E-state index contributed by atoms with van der Waals surface area (Å²) >= 11 is -2.76. The van der Waals surface area contributed by atoms with E-state index in [9.17, 15) is 17.4 Å². The molecule has 0 aliphatic heterocycles. The van der Waals surface area contributed by atoms with Gasteiger partial charge in [-0.1, -0.05) is 0 Å². The van der Waals surface area contributed by atoms with Crippen LogP contribution in [0.3, 0.4) is 0 Å². The Bertz CT molecular complexity index is 102. The Labute approximate surface area is 64.9 Å². The van der Waals surface area contributed by atoms with Crippen LogP contribution in [0.5, 0.6) is 0 Å². The van der Waals surface area contributed by atoms with Gasteiger partial charge in [-0.05, 0) is 0 Å². The van der Waals surface area contributed by atoms with Crippen molar-refractivity contribution in [3.8, 4) is 0 Å². The first-order chi connectivity index (χ1) is 3.42. The summed E-state index contributed by atoms with van der Waals surface area (Å²) < 4.78 is 49.9. The zero-order valence-corrected chi connectivity index (χ0v) is 8.10. The molecule has 2 nitrogen and oxygen atoms in total. The first-order valence-electron chi connectivity index (χ1n) is 1.56. The zero-order chi connectivity index (χ0) is 6.78. The monoisotopic (exact) mass is 212 g/mol. The zero-order valence-electron chi connectivity index (χ0n) is 4.31. The maximum Gasteiger partial charge on any atom is 0.402 e. The van der Waals surface area contributed by atoms with E-state index in [1.807, 2.05) is 0 Å². The summed E-state index contributed by atoms with van der Waals surface area (Å²) in [6.07, 6.45) is -4.53. The van der Waals surface area contributed by atoms with Gasteiger partial charge in [0.2, 0.25) is 0 Å². The molecule has 0 amide bonds. The van der Waals surface area contributed by atoms with Gasteiger partial charge in [0.15, 0.2) is 11.1 Å². The van der Waals surface area contributed by atoms with Crippen LogP contribution >= 0.6 is 0 Å². The standard InChI is InChI=1S/C2H3F3O2S.Zn/c3-2(4,5)1-8(6)7;/h1H2,(H,6,7);. The molecule has 52 valence electrons. The molecule has 7 heteroatoms. The Morgan fingerprint density at radius 2 is 1.78 bits per heavy atom. The van der Waals surface area contributed by atoms with E-state index in [1.54, 1.807) is 0 Å². The third-order valence-electron chi connectivity index (χ3n) is 0.287. The van der Waals surface area contributed by atoms with Crippen LogP contribution in [0.15, 0.2) is 0 Å². The molecule has 0 radical (unpaired) electrons.